The van der Waals surface area contributed by atoms with Crippen LogP contribution in [-0.4, -0.2) is 35.9 Å². The summed E-state index contributed by atoms with van der Waals surface area (Å²) >= 11 is 5.28. The number of aromatic amines is 1. The number of ether oxygens (including phenoxy) is 1. The molecule has 0 spiro atoms. The van der Waals surface area contributed by atoms with Gasteiger partial charge in [0.15, 0.2) is 5.11 Å². The lowest BCUT2D eigenvalue weighted by atomic mass is 10.0. The number of nitrogens with one attached hydrogen (secondary N) is 3. The highest BCUT2D eigenvalue weighted by Gasteiger charge is 2.15. The van der Waals surface area contributed by atoms with Gasteiger partial charge in [0.1, 0.15) is 0 Å². The Hall–Kier alpha value is -1.92. The van der Waals surface area contributed by atoms with E-state index in [0.29, 0.717) is 18.1 Å². The van der Waals surface area contributed by atoms with E-state index in [-0.39, 0.29) is 11.7 Å². The topological polar surface area (TPSA) is 66.2 Å². The molecular formula is C19H25N3O2S. The summed E-state index contributed by atoms with van der Waals surface area (Å²) in [6, 6.07) is 6.12. The molecule has 1 aromatic heterocycles. The largest absolute Gasteiger partial charge is 0.376 e. The molecular weight excluding hydrogens is 334 g/mol. The van der Waals surface area contributed by atoms with Crippen LogP contribution >= 0.6 is 12.2 Å². The lowest BCUT2D eigenvalue weighted by Gasteiger charge is -2.14. The minimum absolute atomic E-state index is 0.0266. The second-order valence-corrected chi connectivity index (χ2v) is 7.03. The standard InChI is InChI=1S/C19H25N3O2S/c1-12-5-6-14-10-15(18(23)22-17(14)13(12)2)7-8-20-19(25)21-11-16-4-3-9-24-16/h5-6,10,16H,3-4,7-9,11H2,1-2H3,(H,22,23)(H2,20,21,25)/t16-/m1/s1. The van der Waals surface area contributed by atoms with Gasteiger partial charge in [-0.3, -0.25) is 4.79 Å². The fourth-order valence-corrected chi connectivity index (χ4v) is 3.33. The number of benzene rings is 1. The Labute approximate surface area is 153 Å². The lowest BCUT2D eigenvalue weighted by molar-refractivity contribution is 0.114. The highest BCUT2D eigenvalue weighted by atomic mass is 32.1. The molecule has 134 valence electrons. The van der Waals surface area contributed by atoms with Gasteiger partial charge >= 0.3 is 0 Å². The van der Waals surface area contributed by atoms with Crippen molar-refractivity contribution in [1.82, 2.24) is 15.6 Å². The van der Waals surface area contributed by atoms with Crippen molar-refractivity contribution >= 4 is 28.2 Å². The minimum atomic E-state index is -0.0266. The van der Waals surface area contributed by atoms with Gasteiger partial charge < -0.3 is 20.4 Å². The van der Waals surface area contributed by atoms with E-state index in [0.717, 1.165) is 48.0 Å². The first-order chi connectivity index (χ1) is 12.0. The average Bonchev–Trinajstić information content (AvgIpc) is 3.11. The summed E-state index contributed by atoms with van der Waals surface area (Å²) in [6.07, 6.45) is 3.09. The van der Waals surface area contributed by atoms with Crippen molar-refractivity contribution in [1.29, 1.82) is 0 Å². The molecule has 25 heavy (non-hydrogen) atoms. The number of pyridine rings is 1. The van der Waals surface area contributed by atoms with E-state index in [1.54, 1.807) is 0 Å². The van der Waals surface area contributed by atoms with Gasteiger partial charge in [0, 0.05) is 25.3 Å². The number of fused-ring (bicyclic) bond motifs is 1. The third-order valence-corrected chi connectivity index (χ3v) is 5.11. The average molecular weight is 359 g/mol. The van der Waals surface area contributed by atoms with Gasteiger partial charge in [0.05, 0.1) is 11.6 Å². The Kier molecular flexibility index (Phi) is 5.71. The van der Waals surface area contributed by atoms with Crippen molar-refractivity contribution in [2.45, 2.75) is 39.2 Å². The second kappa shape index (κ2) is 7.97. The SMILES string of the molecule is Cc1ccc2cc(CCNC(=S)NC[C@H]3CCCO3)c(=O)[nH]c2c1C. The molecule has 0 unspecified atom stereocenters. The first-order valence-corrected chi connectivity index (χ1v) is 9.21. The molecule has 5 nitrogen and oxygen atoms in total. The quantitative estimate of drug-likeness (QED) is 0.715. The first kappa shape index (κ1) is 17.9. The highest BCUT2D eigenvalue weighted by molar-refractivity contribution is 7.80. The maximum atomic E-state index is 12.3. The summed E-state index contributed by atoms with van der Waals surface area (Å²) in [5, 5.41) is 8.02. The van der Waals surface area contributed by atoms with Gasteiger partial charge in [-0.1, -0.05) is 12.1 Å². The maximum absolute atomic E-state index is 12.3. The number of hydrogen-bond acceptors (Lipinski definition) is 3. The van der Waals surface area contributed by atoms with Gasteiger partial charge in [-0.25, -0.2) is 0 Å². The summed E-state index contributed by atoms with van der Waals surface area (Å²) in [7, 11) is 0. The van der Waals surface area contributed by atoms with Crippen molar-refractivity contribution in [3.63, 3.8) is 0 Å². The molecule has 0 amide bonds. The van der Waals surface area contributed by atoms with Crippen LogP contribution in [0.1, 0.15) is 29.5 Å². The monoisotopic (exact) mass is 359 g/mol. The zero-order chi connectivity index (χ0) is 17.8. The Bertz CT molecular complexity index is 825. The Balaban J connectivity index is 1.56. The molecule has 1 aromatic carbocycles. The summed E-state index contributed by atoms with van der Waals surface area (Å²) in [6.45, 7) is 6.29. The van der Waals surface area contributed by atoms with Gasteiger partial charge in [-0.15, -0.1) is 0 Å². The molecule has 2 heterocycles. The number of thiocarbonyl (C=S) groups is 1. The maximum Gasteiger partial charge on any atom is 0.251 e. The van der Waals surface area contributed by atoms with E-state index in [1.807, 2.05) is 13.0 Å². The third kappa shape index (κ3) is 4.38. The normalized spacial score (nSPS) is 17.0. The molecule has 2 aromatic rings. The van der Waals surface area contributed by atoms with Gasteiger partial charge in [0.2, 0.25) is 0 Å². The van der Waals surface area contributed by atoms with Crippen molar-refractivity contribution in [2.24, 2.45) is 0 Å². The molecule has 1 aliphatic heterocycles. The van der Waals surface area contributed by atoms with Crippen LogP contribution in [0.25, 0.3) is 10.9 Å². The van der Waals surface area contributed by atoms with Crippen LogP contribution in [0.3, 0.4) is 0 Å². The van der Waals surface area contributed by atoms with Crippen LogP contribution in [0.2, 0.25) is 0 Å². The van der Waals surface area contributed by atoms with E-state index in [2.05, 4.69) is 34.7 Å². The molecule has 1 aliphatic rings. The van der Waals surface area contributed by atoms with Crippen molar-refractivity contribution in [2.75, 3.05) is 19.7 Å². The Morgan fingerprint density at radius 3 is 2.96 bits per heavy atom. The van der Waals surface area contributed by atoms with Gasteiger partial charge in [-0.2, -0.15) is 0 Å². The molecule has 6 heteroatoms. The predicted molar refractivity (Wildman–Crippen MR) is 105 cm³/mol. The fourth-order valence-electron chi connectivity index (χ4n) is 3.14. The molecule has 3 N–H and O–H groups in total. The summed E-state index contributed by atoms with van der Waals surface area (Å²) < 4.78 is 5.56. The smallest absolute Gasteiger partial charge is 0.251 e. The van der Waals surface area contributed by atoms with Crippen LogP contribution in [0.15, 0.2) is 23.0 Å². The predicted octanol–water partition coefficient (Wildman–Crippen LogP) is 2.33. The number of H-pyrrole nitrogens is 1. The first-order valence-electron chi connectivity index (χ1n) is 8.80. The van der Waals surface area contributed by atoms with Crippen molar-refractivity contribution in [3.8, 4) is 0 Å². The minimum Gasteiger partial charge on any atom is -0.376 e. The van der Waals surface area contributed by atoms with E-state index < -0.39 is 0 Å². The van der Waals surface area contributed by atoms with E-state index in [9.17, 15) is 4.79 Å². The van der Waals surface area contributed by atoms with Crippen LogP contribution < -0.4 is 16.2 Å². The van der Waals surface area contributed by atoms with E-state index in [1.165, 1.54) is 5.56 Å². The molecule has 0 saturated carbocycles. The highest BCUT2D eigenvalue weighted by Crippen LogP contribution is 2.18. The number of rotatable bonds is 5. The third-order valence-electron chi connectivity index (χ3n) is 4.82. The second-order valence-electron chi connectivity index (χ2n) is 6.62. The van der Waals surface area contributed by atoms with Gasteiger partial charge in [0.25, 0.3) is 5.56 Å². The molecule has 1 atom stereocenters. The molecule has 0 radical (unpaired) electrons. The summed E-state index contributed by atoms with van der Waals surface area (Å²) in [5.41, 5.74) is 3.97. The zero-order valence-electron chi connectivity index (χ0n) is 14.8. The Morgan fingerprint density at radius 2 is 2.20 bits per heavy atom. The molecule has 1 saturated heterocycles. The van der Waals surface area contributed by atoms with Crippen molar-refractivity contribution < 1.29 is 4.74 Å². The fraction of sp³-hybridized carbons (Fsp3) is 0.474. The molecule has 1 fully saturated rings. The van der Waals surface area contributed by atoms with Crippen molar-refractivity contribution in [3.05, 3.63) is 45.2 Å². The van der Waals surface area contributed by atoms with E-state index in [4.69, 9.17) is 17.0 Å². The molecule has 0 bridgehead atoms. The van der Waals surface area contributed by atoms with Crippen LogP contribution in [0.4, 0.5) is 0 Å². The number of aryl methyl sites for hydroxylation is 2. The lowest BCUT2D eigenvalue weighted by Crippen LogP contribution is -2.40. The van der Waals surface area contributed by atoms with Gasteiger partial charge in [-0.05, 0) is 67.9 Å². The molecule has 3 rings (SSSR count). The summed E-state index contributed by atoms with van der Waals surface area (Å²) in [4.78, 5) is 15.3. The summed E-state index contributed by atoms with van der Waals surface area (Å²) in [5.74, 6) is 0. The van der Waals surface area contributed by atoms with Crippen LogP contribution in [0.5, 0.6) is 0 Å². The van der Waals surface area contributed by atoms with Crippen LogP contribution in [0, 0.1) is 13.8 Å². The Morgan fingerprint density at radius 1 is 1.36 bits per heavy atom. The zero-order valence-corrected chi connectivity index (χ0v) is 15.6. The molecule has 0 aliphatic carbocycles. The number of hydrogen-bond donors (Lipinski definition) is 3. The van der Waals surface area contributed by atoms with E-state index >= 15 is 0 Å². The number of aromatic nitrogens is 1. The van der Waals surface area contributed by atoms with Crippen LogP contribution in [-0.2, 0) is 11.2 Å².